The molecular formula is C10H11FN2O3. The van der Waals surface area contributed by atoms with Crippen molar-refractivity contribution in [1.29, 1.82) is 0 Å². The maximum Gasteiger partial charge on any atom is 0.308 e. The van der Waals surface area contributed by atoms with Gasteiger partial charge in [0.05, 0.1) is 5.92 Å². The number of nitrogens with zero attached hydrogens (tertiary/aromatic N) is 1. The van der Waals surface area contributed by atoms with Crippen molar-refractivity contribution in [2.24, 2.45) is 5.92 Å². The standard InChI is InChI=1S/C10H11FN2O3/c1-6(10(15)16)5-12-9(14)7-3-2-4-8(11)13-7/h2-4,6H,5H2,1H3,(H,12,14)(H,15,16). The van der Waals surface area contributed by atoms with Crippen LogP contribution in [-0.2, 0) is 4.79 Å². The van der Waals surface area contributed by atoms with Crippen LogP contribution in [0.2, 0.25) is 0 Å². The zero-order chi connectivity index (χ0) is 12.1. The molecule has 0 aliphatic rings. The minimum absolute atomic E-state index is 0.0215. The summed E-state index contributed by atoms with van der Waals surface area (Å²) in [6.45, 7) is 1.44. The number of carbonyl (C=O) groups is 2. The van der Waals surface area contributed by atoms with Crippen LogP contribution in [0.4, 0.5) is 4.39 Å². The van der Waals surface area contributed by atoms with Crippen LogP contribution >= 0.6 is 0 Å². The summed E-state index contributed by atoms with van der Waals surface area (Å²) >= 11 is 0. The summed E-state index contributed by atoms with van der Waals surface area (Å²) in [6.07, 6.45) is 0. The lowest BCUT2D eigenvalue weighted by atomic mass is 10.2. The van der Waals surface area contributed by atoms with Crippen molar-refractivity contribution in [3.63, 3.8) is 0 Å². The SMILES string of the molecule is CC(CNC(=O)c1cccc(F)n1)C(=O)O. The number of hydrogen-bond donors (Lipinski definition) is 2. The van der Waals surface area contributed by atoms with E-state index in [1.165, 1.54) is 19.1 Å². The third-order valence-corrected chi connectivity index (χ3v) is 1.94. The highest BCUT2D eigenvalue weighted by Gasteiger charge is 2.13. The van der Waals surface area contributed by atoms with Crippen molar-refractivity contribution < 1.29 is 19.1 Å². The van der Waals surface area contributed by atoms with E-state index < -0.39 is 23.7 Å². The van der Waals surface area contributed by atoms with Crippen molar-refractivity contribution in [2.45, 2.75) is 6.92 Å². The first kappa shape index (κ1) is 12.1. The minimum atomic E-state index is -1.01. The van der Waals surface area contributed by atoms with Gasteiger partial charge in [-0.1, -0.05) is 13.0 Å². The molecule has 1 atom stereocenters. The number of rotatable bonds is 4. The molecule has 0 aliphatic carbocycles. The zero-order valence-corrected chi connectivity index (χ0v) is 8.61. The first-order chi connectivity index (χ1) is 7.50. The van der Waals surface area contributed by atoms with Crippen LogP contribution in [0.5, 0.6) is 0 Å². The number of nitrogens with one attached hydrogen (secondary N) is 1. The zero-order valence-electron chi connectivity index (χ0n) is 8.61. The predicted molar refractivity (Wildman–Crippen MR) is 53.3 cm³/mol. The van der Waals surface area contributed by atoms with E-state index in [1.54, 1.807) is 0 Å². The van der Waals surface area contributed by atoms with Gasteiger partial charge in [0.25, 0.3) is 5.91 Å². The third-order valence-electron chi connectivity index (χ3n) is 1.94. The van der Waals surface area contributed by atoms with Gasteiger partial charge in [-0.2, -0.15) is 4.39 Å². The van der Waals surface area contributed by atoms with E-state index in [2.05, 4.69) is 10.3 Å². The highest BCUT2D eigenvalue weighted by Crippen LogP contribution is 1.98. The van der Waals surface area contributed by atoms with Gasteiger partial charge in [0.2, 0.25) is 5.95 Å². The van der Waals surface area contributed by atoms with E-state index in [9.17, 15) is 14.0 Å². The largest absolute Gasteiger partial charge is 0.481 e. The molecule has 86 valence electrons. The van der Waals surface area contributed by atoms with Crippen LogP contribution in [0.1, 0.15) is 17.4 Å². The van der Waals surface area contributed by atoms with Crippen LogP contribution < -0.4 is 5.32 Å². The third kappa shape index (κ3) is 3.30. The van der Waals surface area contributed by atoms with Crippen molar-refractivity contribution in [3.8, 4) is 0 Å². The van der Waals surface area contributed by atoms with Gasteiger partial charge in [-0.05, 0) is 12.1 Å². The van der Waals surface area contributed by atoms with Gasteiger partial charge in [0.15, 0.2) is 0 Å². The van der Waals surface area contributed by atoms with Gasteiger partial charge in [-0.3, -0.25) is 9.59 Å². The second-order valence-corrected chi connectivity index (χ2v) is 3.29. The van der Waals surface area contributed by atoms with Gasteiger partial charge < -0.3 is 10.4 Å². The Morgan fingerprint density at radius 2 is 2.25 bits per heavy atom. The quantitative estimate of drug-likeness (QED) is 0.739. The first-order valence-electron chi connectivity index (χ1n) is 4.64. The van der Waals surface area contributed by atoms with Gasteiger partial charge >= 0.3 is 5.97 Å². The second kappa shape index (κ2) is 5.20. The molecule has 1 aromatic heterocycles. The number of carboxylic acids is 1. The highest BCUT2D eigenvalue weighted by molar-refractivity contribution is 5.92. The fraction of sp³-hybridized carbons (Fsp3) is 0.300. The monoisotopic (exact) mass is 226 g/mol. The predicted octanol–water partition coefficient (Wildman–Crippen LogP) is 0.671. The van der Waals surface area contributed by atoms with Crippen LogP contribution in [0, 0.1) is 11.9 Å². The smallest absolute Gasteiger partial charge is 0.308 e. The Balaban J connectivity index is 2.56. The summed E-state index contributed by atoms with van der Waals surface area (Å²) in [5.41, 5.74) is -0.0717. The average Bonchev–Trinajstić information content (AvgIpc) is 2.25. The second-order valence-electron chi connectivity index (χ2n) is 3.29. The van der Waals surface area contributed by atoms with Gasteiger partial charge in [0, 0.05) is 6.54 Å². The number of aliphatic carboxylic acids is 1. The molecule has 0 fully saturated rings. The van der Waals surface area contributed by atoms with Crippen LogP contribution in [-0.4, -0.2) is 28.5 Å². The van der Waals surface area contributed by atoms with E-state index in [4.69, 9.17) is 5.11 Å². The average molecular weight is 226 g/mol. The lowest BCUT2D eigenvalue weighted by molar-refractivity contribution is -0.140. The number of aromatic nitrogens is 1. The Morgan fingerprint density at radius 3 is 2.81 bits per heavy atom. The molecule has 0 radical (unpaired) electrons. The van der Waals surface area contributed by atoms with E-state index in [-0.39, 0.29) is 12.2 Å². The van der Waals surface area contributed by atoms with Crippen molar-refractivity contribution >= 4 is 11.9 Å². The summed E-state index contributed by atoms with van der Waals surface area (Å²) in [6, 6.07) is 3.83. The summed E-state index contributed by atoms with van der Waals surface area (Å²) in [5, 5.41) is 10.9. The lowest BCUT2D eigenvalue weighted by Crippen LogP contribution is -2.32. The lowest BCUT2D eigenvalue weighted by Gasteiger charge is -2.07. The number of carboxylic acid groups (broad SMARTS) is 1. The first-order valence-corrected chi connectivity index (χ1v) is 4.64. The van der Waals surface area contributed by atoms with E-state index >= 15 is 0 Å². The molecule has 16 heavy (non-hydrogen) atoms. The Kier molecular flexibility index (Phi) is 3.93. The maximum atomic E-state index is 12.7. The van der Waals surface area contributed by atoms with Crippen molar-refractivity contribution in [1.82, 2.24) is 10.3 Å². The number of hydrogen-bond acceptors (Lipinski definition) is 3. The highest BCUT2D eigenvalue weighted by atomic mass is 19.1. The molecule has 1 rings (SSSR count). The minimum Gasteiger partial charge on any atom is -0.481 e. The molecule has 1 aromatic rings. The Morgan fingerprint density at radius 1 is 1.56 bits per heavy atom. The molecule has 2 N–H and O–H groups in total. The molecule has 0 bridgehead atoms. The fourth-order valence-electron chi connectivity index (χ4n) is 0.958. The number of halogens is 1. The normalized spacial score (nSPS) is 11.9. The van der Waals surface area contributed by atoms with Crippen molar-refractivity contribution in [3.05, 3.63) is 29.8 Å². The molecule has 1 unspecified atom stereocenters. The maximum absolute atomic E-state index is 12.7. The molecule has 1 amide bonds. The molecule has 5 nitrogen and oxygen atoms in total. The Labute approximate surface area is 91.3 Å². The molecule has 6 heteroatoms. The number of pyridine rings is 1. The van der Waals surface area contributed by atoms with Crippen LogP contribution in [0.25, 0.3) is 0 Å². The summed E-state index contributed by atoms with van der Waals surface area (Å²) in [7, 11) is 0. The Bertz CT molecular complexity index is 409. The van der Waals surface area contributed by atoms with Gasteiger partial charge in [0.1, 0.15) is 5.69 Å². The molecule has 0 aromatic carbocycles. The molecule has 0 spiro atoms. The molecule has 0 aliphatic heterocycles. The van der Waals surface area contributed by atoms with Crippen LogP contribution in [0.15, 0.2) is 18.2 Å². The summed E-state index contributed by atoms with van der Waals surface area (Å²) in [5.74, 6) is -3.04. The molecular weight excluding hydrogens is 215 g/mol. The number of carbonyl (C=O) groups excluding carboxylic acids is 1. The van der Waals surface area contributed by atoms with E-state index in [0.29, 0.717) is 0 Å². The number of amides is 1. The fourth-order valence-corrected chi connectivity index (χ4v) is 0.958. The summed E-state index contributed by atoms with van der Waals surface area (Å²) in [4.78, 5) is 25.2. The summed E-state index contributed by atoms with van der Waals surface area (Å²) < 4.78 is 12.7. The molecule has 0 saturated heterocycles. The van der Waals surface area contributed by atoms with Gasteiger partial charge in [-0.15, -0.1) is 0 Å². The van der Waals surface area contributed by atoms with E-state index in [0.717, 1.165) is 6.07 Å². The Hall–Kier alpha value is -1.98. The van der Waals surface area contributed by atoms with E-state index in [1.807, 2.05) is 0 Å². The van der Waals surface area contributed by atoms with Crippen LogP contribution in [0.3, 0.4) is 0 Å². The topological polar surface area (TPSA) is 79.3 Å². The van der Waals surface area contributed by atoms with Gasteiger partial charge in [-0.25, -0.2) is 4.98 Å². The molecule has 1 heterocycles. The molecule has 0 saturated carbocycles. The van der Waals surface area contributed by atoms with Crippen molar-refractivity contribution in [2.75, 3.05) is 6.54 Å².